The average molecular weight is 494 g/mol. The van der Waals surface area contributed by atoms with Crippen molar-refractivity contribution in [2.24, 2.45) is 0 Å². The van der Waals surface area contributed by atoms with Crippen LogP contribution in [0.4, 0.5) is 10.5 Å². The second-order valence-electron chi connectivity index (χ2n) is 8.12. The number of imide groups is 1. The summed E-state index contributed by atoms with van der Waals surface area (Å²) in [7, 11) is -4.03. The van der Waals surface area contributed by atoms with Gasteiger partial charge in [0.2, 0.25) is 5.91 Å². The van der Waals surface area contributed by atoms with E-state index < -0.39 is 22.1 Å². The summed E-state index contributed by atoms with van der Waals surface area (Å²) in [6, 6.07) is 17.2. The Morgan fingerprint density at radius 1 is 1.03 bits per heavy atom. The minimum Gasteiger partial charge on any atom is -0.379 e. The predicted octanol–water partition coefficient (Wildman–Crippen LogP) is 3.38. The van der Waals surface area contributed by atoms with E-state index in [1.807, 2.05) is 6.07 Å². The molecule has 3 aromatic carbocycles. The minimum atomic E-state index is -4.03. The van der Waals surface area contributed by atoms with Crippen molar-refractivity contribution in [3.63, 3.8) is 0 Å². The van der Waals surface area contributed by atoms with Crippen molar-refractivity contribution in [2.45, 2.75) is 25.3 Å². The van der Waals surface area contributed by atoms with E-state index in [2.05, 4.69) is 10.6 Å². The summed E-state index contributed by atoms with van der Waals surface area (Å²) < 4.78 is 30.6. The Balaban J connectivity index is 1.43. The quantitative estimate of drug-likeness (QED) is 0.384. The first-order chi connectivity index (χ1) is 16.6. The highest BCUT2D eigenvalue weighted by Crippen LogP contribution is 2.23. The zero-order valence-corrected chi connectivity index (χ0v) is 19.9. The van der Waals surface area contributed by atoms with Gasteiger partial charge >= 0.3 is 16.1 Å². The number of urea groups is 1. The van der Waals surface area contributed by atoms with Crippen LogP contribution < -0.4 is 14.8 Å². The molecule has 0 aliphatic carbocycles. The van der Waals surface area contributed by atoms with Crippen LogP contribution in [0.25, 0.3) is 0 Å². The van der Waals surface area contributed by atoms with E-state index in [9.17, 15) is 22.8 Å². The van der Waals surface area contributed by atoms with Gasteiger partial charge in [-0.1, -0.05) is 24.3 Å². The van der Waals surface area contributed by atoms with Crippen LogP contribution in [-0.4, -0.2) is 37.7 Å². The molecular weight excluding hydrogens is 470 g/mol. The summed E-state index contributed by atoms with van der Waals surface area (Å²) in [6.07, 6.45) is 0. The second-order valence-corrected chi connectivity index (χ2v) is 9.64. The third-order valence-corrected chi connectivity index (χ3v) is 6.79. The van der Waals surface area contributed by atoms with Crippen LogP contribution in [0.2, 0.25) is 0 Å². The highest BCUT2D eigenvalue weighted by molar-refractivity contribution is 7.87. The Bertz CT molecular complexity index is 1400. The van der Waals surface area contributed by atoms with Crippen molar-refractivity contribution in [1.82, 2.24) is 10.2 Å². The fraction of sp³-hybridized carbons (Fsp3) is 0.160. The third kappa shape index (κ3) is 5.49. The lowest BCUT2D eigenvalue weighted by molar-refractivity contribution is -0.125. The average Bonchev–Trinajstić information content (AvgIpc) is 3.13. The van der Waals surface area contributed by atoms with Gasteiger partial charge in [-0.2, -0.15) is 8.42 Å². The summed E-state index contributed by atoms with van der Waals surface area (Å²) >= 11 is 0. The number of hydrogen-bond donors (Lipinski definition) is 2. The van der Waals surface area contributed by atoms with E-state index >= 15 is 0 Å². The molecule has 4 rings (SSSR count). The highest BCUT2D eigenvalue weighted by atomic mass is 32.2. The molecule has 0 saturated carbocycles. The van der Waals surface area contributed by atoms with E-state index in [-0.39, 0.29) is 29.6 Å². The molecule has 0 spiro atoms. The predicted molar refractivity (Wildman–Crippen MR) is 129 cm³/mol. The summed E-state index contributed by atoms with van der Waals surface area (Å²) in [6.45, 7) is 3.55. The summed E-state index contributed by atoms with van der Waals surface area (Å²) in [4.78, 5) is 37.4. The highest BCUT2D eigenvalue weighted by Gasteiger charge is 2.28. The first kappa shape index (κ1) is 24.0. The van der Waals surface area contributed by atoms with Crippen LogP contribution in [0.15, 0.2) is 71.6 Å². The summed E-state index contributed by atoms with van der Waals surface area (Å²) in [5.41, 5.74) is 2.82. The van der Waals surface area contributed by atoms with Crippen molar-refractivity contribution in [1.29, 1.82) is 0 Å². The smallest absolute Gasteiger partial charge is 0.339 e. The Hall–Kier alpha value is -4.18. The van der Waals surface area contributed by atoms with Gasteiger partial charge in [0.15, 0.2) is 0 Å². The number of carbonyl (C=O) groups is 3. The van der Waals surface area contributed by atoms with Crippen LogP contribution in [0.5, 0.6) is 5.75 Å². The molecule has 35 heavy (non-hydrogen) atoms. The van der Waals surface area contributed by atoms with Crippen LogP contribution >= 0.6 is 0 Å². The molecule has 0 aromatic heterocycles. The Labute approximate surface area is 202 Å². The monoisotopic (exact) mass is 493 g/mol. The van der Waals surface area contributed by atoms with E-state index in [1.165, 1.54) is 24.3 Å². The maximum Gasteiger partial charge on any atom is 0.339 e. The van der Waals surface area contributed by atoms with E-state index in [4.69, 9.17) is 4.18 Å². The molecule has 9 nitrogen and oxygen atoms in total. The Morgan fingerprint density at radius 3 is 2.46 bits per heavy atom. The molecule has 4 amide bonds. The van der Waals surface area contributed by atoms with Crippen LogP contribution in [0, 0.1) is 13.8 Å². The first-order valence-electron chi connectivity index (χ1n) is 10.7. The van der Waals surface area contributed by atoms with Crippen LogP contribution in [0.3, 0.4) is 0 Å². The second kappa shape index (κ2) is 9.59. The molecule has 1 fully saturated rings. The minimum absolute atomic E-state index is 0.0269. The number of amides is 4. The molecule has 1 aliphatic heterocycles. The number of carbonyl (C=O) groups excluding carboxylic acids is 3. The van der Waals surface area contributed by atoms with Crippen molar-refractivity contribution < 1.29 is 27.0 Å². The molecule has 0 bridgehead atoms. The van der Waals surface area contributed by atoms with Gasteiger partial charge in [-0.05, 0) is 73.0 Å². The standard InChI is InChI=1S/C25H23N3O6S/c1-16-6-7-17(2)22(12-16)35(32,33)34-21-10-8-19(9-11-21)24(30)27-20-5-3-4-18(13-20)15-28-23(29)14-26-25(28)31/h3-13H,14-15H2,1-2H3,(H,26,31)(H,27,30). The number of benzene rings is 3. The van der Waals surface area contributed by atoms with Gasteiger partial charge in [0.1, 0.15) is 10.6 Å². The Kier molecular flexibility index (Phi) is 6.57. The maximum absolute atomic E-state index is 12.7. The summed E-state index contributed by atoms with van der Waals surface area (Å²) in [5, 5.41) is 5.21. The molecule has 0 atom stereocenters. The molecule has 180 valence electrons. The van der Waals surface area contributed by atoms with E-state index in [1.54, 1.807) is 50.2 Å². The molecule has 10 heteroatoms. The Morgan fingerprint density at radius 2 is 1.77 bits per heavy atom. The molecule has 0 radical (unpaired) electrons. The normalized spacial score (nSPS) is 13.5. The zero-order chi connectivity index (χ0) is 25.2. The van der Waals surface area contributed by atoms with Crippen molar-refractivity contribution in [3.8, 4) is 5.75 Å². The van der Waals surface area contributed by atoms with Gasteiger partial charge in [-0.15, -0.1) is 0 Å². The van der Waals surface area contributed by atoms with Gasteiger partial charge in [0.25, 0.3) is 5.91 Å². The largest absolute Gasteiger partial charge is 0.379 e. The van der Waals surface area contributed by atoms with Crippen molar-refractivity contribution in [3.05, 3.63) is 89.0 Å². The van der Waals surface area contributed by atoms with Gasteiger partial charge < -0.3 is 14.8 Å². The number of hydrogen-bond acceptors (Lipinski definition) is 6. The molecule has 0 unspecified atom stereocenters. The van der Waals surface area contributed by atoms with E-state index in [0.717, 1.165) is 10.5 Å². The van der Waals surface area contributed by atoms with Gasteiger partial charge in [0, 0.05) is 11.3 Å². The van der Waals surface area contributed by atoms with Crippen molar-refractivity contribution in [2.75, 3.05) is 11.9 Å². The van der Waals surface area contributed by atoms with Gasteiger partial charge in [0.05, 0.1) is 13.1 Å². The molecule has 1 aliphatic rings. The van der Waals surface area contributed by atoms with Crippen LogP contribution in [-0.2, 0) is 21.5 Å². The third-order valence-electron chi connectivity index (χ3n) is 5.40. The molecule has 3 aromatic rings. The lowest BCUT2D eigenvalue weighted by Crippen LogP contribution is -2.30. The number of aryl methyl sites for hydroxylation is 2. The topological polar surface area (TPSA) is 122 Å². The van der Waals surface area contributed by atoms with Crippen LogP contribution in [0.1, 0.15) is 27.0 Å². The summed E-state index contributed by atoms with van der Waals surface area (Å²) in [5.74, 6) is -0.648. The molecular formula is C25H23N3O6S. The number of nitrogens with one attached hydrogen (secondary N) is 2. The molecule has 2 N–H and O–H groups in total. The van der Waals surface area contributed by atoms with Gasteiger partial charge in [-0.3, -0.25) is 14.5 Å². The lowest BCUT2D eigenvalue weighted by atomic mass is 10.1. The first-order valence-corrected chi connectivity index (χ1v) is 12.1. The fourth-order valence-corrected chi connectivity index (χ4v) is 4.81. The number of nitrogens with zero attached hydrogens (tertiary/aromatic N) is 1. The maximum atomic E-state index is 12.7. The zero-order valence-electron chi connectivity index (χ0n) is 19.1. The lowest BCUT2D eigenvalue weighted by Gasteiger charge is -2.13. The van der Waals surface area contributed by atoms with Gasteiger partial charge in [-0.25, -0.2) is 4.79 Å². The SMILES string of the molecule is Cc1ccc(C)c(S(=O)(=O)Oc2ccc(C(=O)Nc3cccc(CN4C(=O)CNC4=O)c3)cc2)c1. The molecule has 1 heterocycles. The van der Waals surface area contributed by atoms with E-state index in [0.29, 0.717) is 22.4 Å². The number of rotatable bonds is 7. The van der Waals surface area contributed by atoms with Crippen molar-refractivity contribution >= 4 is 33.7 Å². The molecule has 1 saturated heterocycles. The fourth-order valence-electron chi connectivity index (χ4n) is 3.56. The number of anilines is 1.